The smallest absolute Gasteiger partial charge is 0.0571 e. The second-order valence-electron chi connectivity index (χ2n) is 5.66. The topological polar surface area (TPSA) is 38.1 Å². The van der Waals surface area contributed by atoms with E-state index in [0.29, 0.717) is 5.92 Å². The highest BCUT2D eigenvalue weighted by atomic mass is 16.3. The zero-order valence-corrected chi connectivity index (χ0v) is 11.0. The number of aliphatic hydroxyl groups excluding tert-OH is 1. The van der Waals surface area contributed by atoms with E-state index >= 15 is 0 Å². The van der Waals surface area contributed by atoms with Gasteiger partial charge >= 0.3 is 0 Å². The summed E-state index contributed by atoms with van der Waals surface area (Å²) in [5.74, 6) is 1.32. The zero-order valence-electron chi connectivity index (χ0n) is 11.0. The van der Waals surface area contributed by atoms with Crippen molar-refractivity contribution in [2.24, 2.45) is 18.9 Å². The van der Waals surface area contributed by atoms with Crippen LogP contribution < -0.4 is 0 Å². The minimum Gasteiger partial charge on any atom is -0.393 e. The molecule has 1 saturated carbocycles. The number of aryl methyl sites for hydroxylation is 2. The van der Waals surface area contributed by atoms with E-state index in [-0.39, 0.29) is 6.10 Å². The maximum absolute atomic E-state index is 10.2. The Labute approximate surface area is 104 Å². The minimum absolute atomic E-state index is 0.127. The Balaban J connectivity index is 1.78. The molecule has 1 aromatic rings. The fraction of sp³-hybridized carbons (Fsp3) is 0.786. The van der Waals surface area contributed by atoms with E-state index in [1.165, 1.54) is 31.2 Å². The number of aliphatic hydroxyl groups is 1. The Kier molecular flexibility index (Phi) is 4.21. The van der Waals surface area contributed by atoms with Gasteiger partial charge in [0.15, 0.2) is 0 Å². The molecule has 1 heterocycles. The van der Waals surface area contributed by atoms with E-state index in [2.05, 4.69) is 12.0 Å². The molecule has 0 bridgehead atoms. The van der Waals surface area contributed by atoms with Crippen molar-refractivity contribution < 1.29 is 5.11 Å². The van der Waals surface area contributed by atoms with Crippen LogP contribution in [0.1, 0.15) is 44.6 Å². The van der Waals surface area contributed by atoms with Crippen LogP contribution in [-0.4, -0.2) is 21.0 Å². The molecule has 0 amide bonds. The van der Waals surface area contributed by atoms with Crippen molar-refractivity contribution in [1.82, 2.24) is 9.78 Å². The third-order valence-corrected chi connectivity index (χ3v) is 4.01. The van der Waals surface area contributed by atoms with Crippen molar-refractivity contribution in [2.75, 3.05) is 0 Å². The molecule has 0 aliphatic heterocycles. The summed E-state index contributed by atoms with van der Waals surface area (Å²) in [5.41, 5.74) is 1.23. The molecule has 0 aromatic carbocycles. The SMILES string of the molecule is CC1CCCC(C(O)CCc2cnn(C)c2)C1. The molecule has 3 heteroatoms. The van der Waals surface area contributed by atoms with Gasteiger partial charge in [0.05, 0.1) is 12.3 Å². The van der Waals surface area contributed by atoms with Gasteiger partial charge in [-0.25, -0.2) is 0 Å². The summed E-state index contributed by atoms with van der Waals surface area (Å²) in [4.78, 5) is 0. The van der Waals surface area contributed by atoms with Gasteiger partial charge in [-0.15, -0.1) is 0 Å². The van der Waals surface area contributed by atoms with Crippen molar-refractivity contribution >= 4 is 0 Å². The molecular weight excluding hydrogens is 212 g/mol. The highest BCUT2D eigenvalue weighted by Gasteiger charge is 2.24. The molecule has 3 unspecified atom stereocenters. The Hall–Kier alpha value is -0.830. The molecule has 3 nitrogen and oxygen atoms in total. The lowest BCUT2D eigenvalue weighted by atomic mass is 9.78. The molecule has 96 valence electrons. The van der Waals surface area contributed by atoms with Gasteiger partial charge in [0.1, 0.15) is 0 Å². The second-order valence-corrected chi connectivity index (χ2v) is 5.66. The Bertz CT molecular complexity index is 348. The fourth-order valence-electron chi connectivity index (χ4n) is 2.98. The number of hydrogen-bond acceptors (Lipinski definition) is 2. The predicted molar refractivity (Wildman–Crippen MR) is 68.7 cm³/mol. The van der Waals surface area contributed by atoms with Gasteiger partial charge in [0.25, 0.3) is 0 Å². The lowest BCUT2D eigenvalue weighted by molar-refractivity contribution is 0.0651. The summed E-state index contributed by atoms with van der Waals surface area (Å²) >= 11 is 0. The summed E-state index contributed by atoms with van der Waals surface area (Å²) in [7, 11) is 1.93. The second kappa shape index (κ2) is 5.67. The zero-order chi connectivity index (χ0) is 12.3. The maximum Gasteiger partial charge on any atom is 0.0571 e. The van der Waals surface area contributed by atoms with Crippen LogP contribution in [0.5, 0.6) is 0 Å². The number of aromatic nitrogens is 2. The molecule has 0 spiro atoms. The average molecular weight is 236 g/mol. The predicted octanol–water partition coefficient (Wildman–Crippen LogP) is 2.54. The average Bonchev–Trinajstić information content (AvgIpc) is 2.72. The molecule has 1 aliphatic carbocycles. The molecule has 0 radical (unpaired) electrons. The molecule has 17 heavy (non-hydrogen) atoms. The van der Waals surface area contributed by atoms with Crippen LogP contribution in [-0.2, 0) is 13.5 Å². The molecule has 3 atom stereocenters. The molecule has 0 saturated heterocycles. The van der Waals surface area contributed by atoms with Crippen molar-refractivity contribution in [3.05, 3.63) is 18.0 Å². The normalized spacial score (nSPS) is 27.0. The van der Waals surface area contributed by atoms with Gasteiger partial charge in [-0.1, -0.05) is 19.8 Å². The molecule has 1 fully saturated rings. The lowest BCUT2D eigenvalue weighted by Gasteiger charge is -2.30. The van der Waals surface area contributed by atoms with E-state index in [1.807, 2.05) is 24.1 Å². The van der Waals surface area contributed by atoms with Crippen LogP contribution in [0.25, 0.3) is 0 Å². The van der Waals surface area contributed by atoms with Crippen molar-refractivity contribution in [1.29, 1.82) is 0 Å². The molecule has 2 rings (SSSR count). The largest absolute Gasteiger partial charge is 0.393 e. The van der Waals surface area contributed by atoms with E-state index in [0.717, 1.165) is 18.8 Å². The van der Waals surface area contributed by atoms with E-state index in [4.69, 9.17) is 0 Å². The number of hydrogen-bond donors (Lipinski definition) is 1. The van der Waals surface area contributed by atoms with Gasteiger partial charge in [0, 0.05) is 13.2 Å². The van der Waals surface area contributed by atoms with Crippen LogP contribution >= 0.6 is 0 Å². The highest BCUT2D eigenvalue weighted by molar-refractivity contribution is 5.03. The van der Waals surface area contributed by atoms with E-state index in [9.17, 15) is 5.11 Å². The summed E-state index contributed by atoms with van der Waals surface area (Å²) < 4.78 is 1.82. The van der Waals surface area contributed by atoms with Crippen molar-refractivity contribution in [3.63, 3.8) is 0 Å². The van der Waals surface area contributed by atoms with E-state index in [1.54, 1.807) is 0 Å². The van der Waals surface area contributed by atoms with Gasteiger partial charge in [-0.05, 0) is 43.1 Å². The first-order valence-corrected chi connectivity index (χ1v) is 6.80. The summed E-state index contributed by atoms with van der Waals surface area (Å²) in [5, 5.41) is 14.4. The monoisotopic (exact) mass is 236 g/mol. The first-order chi connectivity index (χ1) is 8.15. The van der Waals surface area contributed by atoms with Crippen LogP contribution in [0.3, 0.4) is 0 Å². The summed E-state index contributed by atoms with van der Waals surface area (Å²) in [6.07, 6.45) is 10.7. The van der Waals surface area contributed by atoms with Crippen LogP contribution in [0.4, 0.5) is 0 Å². The quantitative estimate of drug-likeness (QED) is 0.872. The Morgan fingerprint density at radius 2 is 2.35 bits per heavy atom. The van der Waals surface area contributed by atoms with Gasteiger partial charge in [0.2, 0.25) is 0 Å². The van der Waals surface area contributed by atoms with Crippen molar-refractivity contribution in [3.8, 4) is 0 Å². The Morgan fingerprint density at radius 1 is 1.53 bits per heavy atom. The number of nitrogens with zero attached hydrogens (tertiary/aromatic N) is 2. The molecule has 1 aromatic heterocycles. The lowest BCUT2D eigenvalue weighted by Crippen LogP contribution is -2.26. The van der Waals surface area contributed by atoms with Gasteiger partial charge in [-0.2, -0.15) is 5.10 Å². The number of rotatable bonds is 4. The third-order valence-electron chi connectivity index (χ3n) is 4.01. The summed E-state index contributed by atoms with van der Waals surface area (Å²) in [6.45, 7) is 2.31. The maximum atomic E-state index is 10.2. The van der Waals surface area contributed by atoms with Crippen LogP contribution in [0, 0.1) is 11.8 Å². The Morgan fingerprint density at radius 3 is 3.00 bits per heavy atom. The molecule has 1 N–H and O–H groups in total. The molecule has 1 aliphatic rings. The standard InChI is InChI=1S/C14H24N2O/c1-11-4-3-5-13(8-11)14(17)7-6-12-9-15-16(2)10-12/h9-11,13-14,17H,3-8H2,1-2H3. The van der Waals surface area contributed by atoms with Crippen LogP contribution in [0.15, 0.2) is 12.4 Å². The fourth-order valence-corrected chi connectivity index (χ4v) is 2.98. The molecular formula is C14H24N2O. The van der Waals surface area contributed by atoms with Crippen LogP contribution in [0.2, 0.25) is 0 Å². The van der Waals surface area contributed by atoms with Gasteiger partial charge in [-0.3, -0.25) is 4.68 Å². The highest BCUT2D eigenvalue weighted by Crippen LogP contribution is 2.32. The van der Waals surface area contributed by atoms with Gasteiger partial charge < -0.3 is 5.11 Å². The first kappa shape index (κ1) is 12.6. The summed E-state index contributed by atoms with van der Waals surface area (Å²) in [6, 6.07) is 0. The first-order valence-electron chi connectivity index (χ1n) is 6.80. The minimum atomic E-state index is -0.127. The van der Waals surface area contributed by atoms with Crippen molar-refractivity contribution in [2.45, 2.75) is 51.6 Å². The van der Waals surface area contributed by atoms with E-state index < -0.39 is 0 Å². The third kappa shape index (κ3) is 3.56.